The van der Waals surface area contributed by atoms with Gasteiger partial charge >= 0.3 is 0 Å². The standard InChI is InChI=1S/C20H27ClN4.C3H8/c1-5-15(17-13-20(22)23-14-18(17)21)16-9-10-25(19(16)6-2)12-11-24(7-3)8-4;1-3-2/h5-6,9-10,13-14H,2,7-8,11-12H2,1,3-4H3,(H2,22,23);3H2,1-2H3/b15-5+;. The molecule has 2 rings (SSSR count). The molecule has 0 aliphatic rings. The number of likely N-dealkylation sites (N-methyl/N-ethyl adjacent to an activating group) is 1. The number of rotatable bonds is 8. The first-order chi connectivity index (χ1) is 13.5. The average Bonchev–Trinajstić information content (AvgIpc) is 3.09. The Labute approximate surface area is 175 Å². The maximum atomic E-state index is 6.36. The molecule has 0 fully saturated rings. The zero-order valence-corrected chi connectivity index (χ0v) is 18.8. The van der Waals surface area contributed by atoms with Crippen molar-refractivity contribution in [1.29, 1.82) is 0 Å². The first kappa shape index (κ1) is 24.0. The third kappa shape index (κ3) is 6.25. The van der Waals surface area contributed by atoms with E-state index in [9.17, 15) is 0 Å². The minimum absolute atomic E-state index is 0.458. The van der Waals surface area contributed by atoms with E-state index < -0.39 is 0 Å². The van der Waals surface area contributed by atoms with E-state index in [0.717, 1.165) is 48.6 Å². The summed E-state index contributed by atoms with van der Waals surface area (Å²) in [7, 11) is 0. The lowest BCUT2D eigenvalue weighted by Gasteiger charge is -2.19. The van der Waals surface area contributed by atoms with Crippen LogP contribution >= 0.6 is 11.6 Å². The van der Waals surface area contributed by atoms with Gasteiger partial charge in [0.2, 0.25) is 0 Å². The molecule has 0 radical (unpaired) electrons. The minimum Gasteiger partial charge on any atom is -0.384 e. The second-order valence-electron chi connectivity index (χ2n) is 6.54. The fraction of sp³-hybridized carbons (Fsp3) is 0.435. The fourth-order valence-corrected chi connectivity index (χ4v) is 3.25. The van der Waals surface area contributed by atoms with Crippen molar-refractivity contribution in [3.05, 3.63) is 59.0 Å². The summed E-state index contributed by atoms with van der Waals surface area (Å²) in [6.45, 7) is 18.7. The Bertz CT molecular complexity index is 773. The van der Waals surface area contributed by atoms with E-state index in [1.807, 2.05) is 19.1 Å². The maximum Gasteiger partial charge on any atom is 0.124 e. The highest BCUT2D eigenvalue weighted by molar-refractivity contribution is 6.32. The van der Waals surface area contributed by atoms with Crippen LogP contribution in [0.1, 0.15) is 57.9 Å². The van der Waals surface area contributed by atoms with Gasteiger partial charge in [0.15, 0.2) is 0 Å². The van der Waals surface area contributed by atoms with E-state index in [0.29, 0.717) is 10.8 Å². The predicted molar refractivity (Wildman–Crippen MR) is 125 cm³/mol. The Morgan fingerprint density at radius 1 is 1.25 bits per heavy atom. The lowest BCUT2D eigenvalue weighted by atomic mass is 9.98. The summed E-state index contributed by atoms with van der Waals surface area (Å²) < 4.78 is 2.24. The van der Waals surface area contributed by atoms with Crippen LogP contribution in [-0.4, -0.2) is 34.1 Å². The summed E-state index contributed by atoms with van der Waals surface area (Å²) in [5.74, 6) is 0.458. The zero-order chi connectivity index (χ0) is 21.1. The van der Waals surface area contributed by atoms with Gasteiger partial charge in [-0.2, -0.15) is 0 Å². The predicted octanol–water partition coefficient (Wildman–Crippen LogP) is 5.97. The molecule has 0 saturated carbocycles. The SMILES string of the molecule is C=Cc1c(/C(=C\C)c2cc(N)ncc2Cl)ccn1CCN(CC)CC.CCC. The molecule has 0 aromatic carbocycles. The molecule has 0 aliphatic carbocycles. The molecule has 0 spiro atoms. The number of allylic oxidation sites excluding steroid dienone is 1. The molecule has 0 saturated heterocycles. The van der Waals surface area contributed by atoms with Crippen LogP contribution in [0.4, 0.5) is 5.82 Å². The third-order valence-electron chi connectivity index (χ3n) is 4.50. The third-order valence-corrected chi connectivity index (χ3v) is 4.80. The topological polar surface area (TPSA) is 47.1 Å². The Morgan fingerprint density at radius 2 is 1.89 bits per heavy atom. The van der Waals surface area contributed by atoms with Crippen molar-refractivity contribution in [2.24, 2.45) is 0 Å². The summed E-state index contributed by atoms with van der Waals surface area (Å²) >= 11 is 6.36. The van der Waals surface area contributed by atoms with Gasteiger partial charge in [-0.3, -0.25) is 0 Å². The molecule has 2 N–H and O–H groups in total. The molecule has 5 heteroatoms. The van der Waals surface area contributed by atoms with Crippen LogP contribution in [-0.2, 0) is 6.54 Å². The zero-order valence-electron chi connectivity index (χ0n) is 18.0. The Morgan fingerprint density at radius 3 is 2.43 bits per heavy atom. The van der Waals surface area contributed by atoms with Gasteiger partial charge in [-0.25, -0.2) is 4.98 Å². The second-order valence-corrected chi connectivity index (χ2v) is 6.94. The van der Waals surface area contributed by atoms with Gasteiger partial charge in [-0.15, -0.1) is 0 Å². The van der Waals surface area contributed by atoms with E-state index in [1.54, 1.807) is 6.20 Å². The summed E-state index contributed by atoms with van der Waals surface area (Å²) in [6, 6.07) is 3.93. The van der Waals surface area contributed by atoms with Gasteiger partial charge in [0.25, 0.3) is 0 Å². The maximum absolute atomic E-state index is 6.36. The van der Waals surface area contributed by atoms with Gasteiger partial charge in [0.1, 0.15) is 5.82 Å². The molecule has 2 heterocycles. The molecular weight excluding hydrogens is 368 g/mol. The van der Waals surface area contributed by atoms with Crippen molar-refractivity contribution < 1.29 is 0 Å². The number of hydrogen-bond acceptors (Lipinski definition) is 3. The highest BCUT2D eigenvalue weighted by atomic mass is 35.5. The van der Waals surface area contributed by atoms with E-state index in [-0.39, 0.29) is 0 Å². The summed E-state index contributed by atoms with van der Waals surface area (Å²) in [5, 5.41) is 0.591. The second kappa shape index (κ2) is 12.4. The van der Waals surface area contributed by atoms with Crippen molar-refractivity contribution in [1.82, 2.24) is 14.5 Å². The average molecular weight is 403 g/mol. The van der Waals surface area contributed by atoms with Crippen LogP contribution in [0.3, 0.4) is 0 Å². The molecule has 0 atom stereocenters. The fourth-order valence-electron chi connectivity index (χ4n) is 3.04. The molecule has 2 aromatic heterocycles. The first-order valence-corrected chi connectivity index (χ1v) is 10.5. The molecule has 2 aromatic rings. The van der Waals surface area contributed by atoms with Crippen LogP contribution in [0.5, 0.6) is 0 Å². The minimum atomic E-state index is 0.458. The van der Waals surface area contributed by atoms with Crippen LogP contribution in [0.15, 0.2) is 37.2 Å². The molecule has 0 aliphatic heterocycles. The van der Waals surface area contributed by atoms with Crippen LogP contribution < -0.4 is 5.73 Å². The van der Waals surface area contributed by atoms with Gasteiger partial charge in [0, 0.05) is 42.3 Å². The largest absolute Gasteiger partial charge is 0.384 e. The number of nitrogen functional groups attached to an aromatic ring is 1. The normalized spacial score (nSPS) is 11.3. The monoisotopic (exact) mass is 402 g/mol. The van der Waals surface area contributed by atoms with Gasteiger partial charge in [-0.1, -0.05) is 58.4 Å². The van der Waals surface area contributed by atoms with E-state index >= 15 is 0 Å². The molecule has 0 amide bonds. The first-order valence-electron chi connectivity index (χ1n) is 10.1. The summed E-state index contributed by atoms with van der Waals surface area (Å²) in [5.41, 5.74) is 9.98. The van der Waals surface area contributed by atoms with Gasteiger partial charge < -0.3 is 15.2 Å². The van der Waals surface area contributed by atoms with Crippen LogP contribution in [0.2, 0.25) is 5.02 Å². The molecular formula is C23H35ClN4. The van der Waals surface area contributed by atoms with E-state index in [1.165, 1.54) is 6.42 Å². The Hall–Kier alpha value is -2.04. The summed E-state index contributed by atoms with van der Waals surface area (Å²) in [4.78, 5) is 6.46. The molecule has 0 unspecified atom stereocenters. The van der Waals surface area contributed by atoms with Crippen molar-refractivity contribution in [3.8, 4) is 0 Å². The van der Waals surface area contributed by atoms with Gasteiger partial charge in [0.05, 0.1) is 5.02 Å². The summed E-state index contributed by atoms with van der Waals surface area (Å²) in [6.07, 6.45) is 8.91. The Balaban J connectivity index is 0.00000122. The number of halogens is 1. The lowest BCUT2D eigenvalue weighted by Crippen LogP contribution is -2.27. The van der Waals surface area contributed by atoms with Crippen molar-refractivity contribution >= 4 is 29.1 Å². The van der Waals surface area contributed by atoms with Crippen LogP contribution in [0, 0.1) is 0 Å². The quantitative estimate of drug-likeness (QED) is 0.591. The number of aromatic nitrogens is 2. The highest BCUT2D eigenvalue weighted by Gasteiger charge is 2.15. The highest BCUT2D eigenvalue weighted by Crippen LogP contribution is 2.33. The number of hydrogen-bond donors (Lipinski definition) is 1. The number of anilines is 1. The van der Waals surface area contributed by atoms with E-state index in [4.69, 9.17) is 17.3 Å². The number of nitrogens with two attached hydrogens (primary N) is 1. The smallest absolute Gasteiger partial charge is 0.124 e. The molecule has 154 valence electrons. The molecule has 4 nitrogen and oxygen atoms in total. The lowest BCUT2D eigenvalue weighted by molar-refractivity contribution is 0.290. The number of nitrogens with zero attached hydrogens (tertiary/aromatic N) is 3. The molecule has 0 bridgehead atoms. The molecule has 28 heavy (non-hydrogen) atoms. The van der Waals surface area contributed by atoms with Crippen LogP contribution in [0.25, 0.3) is 11.6 Å². The van der Waals surface area contributed by atoms with Crippen molar-refractivity contribution in [2.75, 3.05) is 25.4 Å². The van der Waals surface area contributed by atoms with E-state index in [2.05, 4.69) is 67.1 Å². The van der Waals surface area contributed by atoms with Crippen molar-refractivity contribution in [2.45, 2.75) is 47.6 Å². The van der Waals surface area contributed by atoms with Gasteiger partial charge in [-0.05, 0) is 43.8 Å². The number of pyridine rings is 1. The van der Waals surface area contributed by atoms with Crippen molar-refractivity contribution in [3.63, 3.8) is 0 Å². The Kier molecular flexibility index (Phi) is 10.6.